The van der Waals surface area contributed by atoms with E-state index in [9.17, 15) is 9.50 Å². The van der Waals surface area contributed by atoms with Crippen molar-refractivity contribution in [3.63, 3.8) is 0 Å². The van der Waals surface area contributed by atoms with Crippen molar-refractivity contribution in [1.29, 1.82) is 0 Å². The molecule has 0 bridgehead atoms. The largest absolute Gasteiger partial charge is 0.388 e. The van der Waals surface area contributed by atoms with Crippen molar-refractivity contribution in [1.82, 2.24) is 15.5 Å². The highest BCUT2D eigenvalue weighted by Crippen LogP contribution is 2.29. The molecular weight excluding hydrogens is 470 g/mol. The van der Waals surface area contributed by atoms with Gasteiger partial charge in [-0.1, -0.05) is 25.0 Å². The topological polar surface area (TPSA) is 59.9 Å². The molecule has 2 fully saturated rings. The lowest BCUT2D eigenvalue weighted by atomic mass is 10.0. The Morgan fingerprint density at radius 1 is 1.21 bits per heavy atom. The Hall–Kier alpha value is -0.930. The molecule has 3 N–H and O–H groups in total. The molecule has 0 aromatic heterocycles. The van der Waals surface area contributed by atoms with Crippen molar-refractivity contribution in [2.75, 3.05) is 26.2 Å². The van der Waals surface area contributed by atoms with Crippen LogP contribution in [-0.4, -0.2) is 53.8 Å². The zero-order valence-electron chi connectivity index (χ0n) is 16.8. The first-order valence-corrected chi connectivity index (χ1v) is 10.3. The second-order valence-electron chi connectivity index (χ2n) is 7.95. The number of hydrogen-bond acceptors (Lipinski definition) is 3. The molecule has 0 unspecified atom stereocenters. The number of aliphatic hydroxyl groups is 1. The summed E-state index contributed by atoms with van der Waals surface area (Å²) in [4.78, 5) is 7.07. The Kier molecular flexibility index (Phi) is 9.43. The van der Waals surface area contributed by atoms with Crippen LogP contribution in [0.5, 0.6) is 0 Å². The third-order valence-corrected chi connectivity index (χ3v) is 5.66. The van der Waals surface area contributed by atoms with Crippen LogP contribution in [0, 0.1) is 5.82 Å². The van der Waals surface area contributed by atoms with Gasteiger partial charge < -0.3 is 15.7 Å². The Balaban J connectivity index is 0.00000280. The van der Waals surface area contributed by atoms with Crippen LogP contribution in [0.25, 0.3) is 0 Å². The average Bonchev–Trinajstić information content (AvgIpc) is 3.10. The summed E-state index contributed by atoms with van der Waals surface area (Å²) in [5, 5.41) is 17.4. The summed E-state index contributed by atoms with van der Waals surface area (Å²) in [6.45, 7) is 6.25. The molecule has 0 radical (unpaired) electrons. The van der Waals surface area contributed by atoms with Crippen molar-refractivity contribution in [2.45, 2.75) is 63.6 Å². The summed E-state index contributed by atoms with van der Waals surface area (Å²) < 4.78 is 13.0. The molecule has 1 saturated carbocycles. The Labute approximate surface area is 185 Å². The second kappa shape index (κ2) is 11.3. The molecule has 0 atom stereocenters. The van der Waals surface area contributed by atoms with E-state index in [1.807, 2.05) is 12.1 Å². The Bertz CT molecular complexity index is 611. The monoisotopic (exact) mass is 504 g/mol. The number of guanidine groups is 1. The molecule has 1 aromatic rings. The third-order valence-electron chi connectivity index (χ3n) is 5.66. The minimum Gasteiger partial charge on any atom is -0.388 e. The predicted molar refractivity (Wildman–Crippen MR) is 123 cm³/mol. The van der Waals surface area contributed by atoms with E-state index in [1.54, 1.807) is 0 Å². The van der Waals surface area contributed by atoms with Crippen LogP contribution in [0.15, 0.2) is 29.3 Å². The molecule has 1 aromatic carbocycles. The van der Waals surface area contributed by atoms with Gasteiger partial charge in [0.15, 0.2) is 5.96 Å². The normalized spacial score (nSPS) is 20.6. The smallest absolute Gasteiger partial charge is 0.191 e. The van der Waals surface area contributed by atoms with E-state index in [0.29, 0.717) is 12.6 Å². The van der Waals surface area contributed by atoms with Gasteiger partial charge in [-0.05, 0) is 50.3 Å². The van der Waals surface area contributed by atoms with Gasteiger partial charge in [0.05, 0.1) is 12.1 Å². The van der Waals surface area contributed by atoms with Crippen molar-refractivity contribution < 1.29 is 9.50 Å². The lowest BCUT2D eigenvalue weighted by Gasteiger charge is -2.33. The summed E-state index contributed by atoms with van der Waals surface area (Å²) in [7, 11) is 0. The van der Waals surface area contributed by atoms with E-state index in [4.69, 9.17) is 0 Å². The first kappa shape index (κ1) is 23.3. The maximum atomic E-state index is 13.0. The molecule has 1 aliphatic carbocycles. The van der Waals surface area contributed by atoms with E-state index in [1.165, 1.54) is 12.1 Å². The van der Waals surface area contributed by atoms with Crippen LogP contribution >= 0.6 is 24.0 Å². The summed E-state index contributed by atoms with van der Waals surface area (Å²) in [5.41, 5.74) is 0.545. The zero-order valence-corrected chi connectivity index (χ0v) is 19.1. The van der Waals surface area contributed by atoms with Crippen LogP contribution in [0.1, 0.15) is 51.0 Å². The third kappa shape index (κ3) is 7.15. The summed E-state index contributed by atoms with van der Waals surface area (Å²) in [6.07, 6.45) is 6.02. The Morgan fingerprint density at radius 3 is 2.46 bits per heavy atom. The number of rotatable bonds is 6. The van der Waals surface area contributed by atoms with Gasteiger partial charge in [0, 0.05) is 32.2 Å². The van der Waals surface area contributed by atoms with E-state index >= 15 is 0 Å². The van der Waals surface area contributed by atoms with Crippen LogP contribution in [0.3, 0.4) is 0 Å². The quantitative estimate of drug-likeness (QED) is 0.316. The van der Waals surface area contributed by atoms with Gasteiger partial charge in [0.25, 0.3) is 0 Å². The van der Waals surface area contributed by atoms with Crippen LogP contribution < -0.4 is 10.6 Å². The summed E-state index contributed by atoms with van der Waals surface area (Å²) >= 11 is 0. The number of benzene rings is 1. The van der Waals surface area contributed by atoms with Crippen LogP contribution in [-0.2, 0) is 6.54 Å². The molecule has 2 aliphatic rings. The van der Waals surface area contributed by atoms with Crippen molar-refractivity contribution in [2.24, 2.45) is 4.99 Å². The minimum atomic E-state index is -0.610. The molecule has 1 aliphatic heterocycles. The highest BCUT2D eigenvalue weighted by molar-refractivity contribution is 14.0. The predicted octanol–water partition coefficient (Wildman–Crippen LogP) is 3.27. The molecule has 3 rings (SSSR count). The average molecular weight is 504 g/mol. The molecule has 5 nitrogen and oxygen atoms in total. The highest BCUT2D eigenvalue weighted by atomic mass is 127. The maximum Gasteiger partial charge on any atom is 0.191 e. The number of nitrogens with zero attached hydrogens (tertiary/aromatic N) is 2. The fraction of sp³-hybridized carbons (Fsp3) is 0.667. The standard InChI is InChI=1S/C21H33FN4O.HI/c1-2-23-20(24-16-21(27)11-3-4-12-21)25-19-9-13-26(14-10-19)15-17-5-7-18(22)8-6-17;/h5-8,19,27H,2-4,9-16H2,1H3,(H2,23,24,25);1H. The minimum absolute atomic E-state index is 0. The van der Waals surface area contributed by atoms with Crippen molar-refractivity contribution >= 4 is 29.9 Å². The maximum absolute atomic E-state index is 13.0. The van der Waals surface area contributed by atoms with E-state index < -0.39 is 5.60 Å². The number of likely N-dealkylation sites (tertiary alicyclic amines) is 1. The first-order valence-electron chi connectivity index (χ1n) is 10.3. The number of aliphatic imine (C=N–C) groups is 1. The van der Waals surface area contributed by atoms with Gasteiger partial charge in [0.2, 0.25) is 0 Å². The Morgan fingerprint density at radius 2 is 1.86 bits per heavy atom. The van der Waals surface area contributed by atoms with Crippen molar-refractivity contribution in [3.05, 3.63) is 35.6 Å². The number of halogens is 2. The molecule has 0 amide bonds. The van der Waals surface area contributed by atoms with Gasteiger partial charge in [-0.2, -0.15) is 0 Å². The van der Waals surface area contributed by atoms with Crippen LogP contribution in [0.4, 0.5) is 4.39 Å². The van der Waals surface area contributed by atoms with Gasteiger partial charge in [0.1, 0.15) is 5.82 Å². The van der Waals surface area contributed by atoms with E-state index in [-0.39, 0.29) is 29.8 Å². The zero-order chi connectivity index (χ0) is 19.1. The number of piperidine rings is 1. The molecule has 0 spiro atoms. The second-order valence-corrected chi connectivity index (χ2v) is 7.95. The lowest BCUT2D eigenvalue weighted by molar-refractivity contribution is 0.0573. The molecule has 158 valence electrons. The molecule has 7 heteroatoms. The molecular formula is C21H34FIN4O. The fourth-order valence-electron chi connectivity index (χ4n) is 4.01. The van der Waals surface area contributed by atoms with E-state index in [2.05, 4.69) is 27.4 Å². The lowest BCUT2D eigenvalue weighted by Crippen LogP contribution is -2.49. The summed E-state index contributed by atoms with van der Waals surface area (Å²) in [5.74, 6) is 0.633. The fourth-order valence-corrected chi connectivity index (χ4v) is 4.01. The van der Waals surface area contributed by atoms with Crippen molar-refractivity contribution in [3.8, 4) is 0 Å². The number of nitrogens with one attached hydrogen (secondary N) is 2. The molecule has 1 saturated heterocycles. The van der Waals surface area contributed by atoms with Gasteiger partial charge in [-0.3, -0.25) is 9.89 Å². The first-order chi connectivity index (χ1) is 13.1. The SMILES string of the molecule is CCNC(=NCC1(O)CCCC1)NC1CCN(Cc2ccc(F)cc2)CC1.I. The summed E-state index contributed by atoms with van der Waals surface area (Å²) in [6, 6.07) is 7.18. The highest BCUT2D eigenvalue weighted by Gasteiger charge is 2.31. The molecule has 28 heavy (non-hydrogen) atoms. The van der Waals surface area contributed by atoms with Gasteiger partial charge in [-0.15, -0.1) is 24.0 Å². The van der Waals surface area contributed by atoms with E-state index in [0.717, 1.165) is 76.2 Å². The van der Waals surface area contributed by atoms with Crippen LogP contribution in [0.2, 0.25) is 0 Å². The molecule has 1 heterocycles. The van der Waals surface area contributed by atoms with Gasteiger partial charge in [-0.25, -0.2) is 4.39 Å². The number of hydrogen-bond donors (Lipinski definition) is 3. The van der Waals surface area contributed by atoms with Gasteiger partial charge >= 0.3 is 0 Å².